The van der Waals surface area contributed by atoms with Crippen molar-refractivity contribution in [1.82, 2.24) is 20.2 Å². The quantitative estimate of drug-likeness (QED) is 0.702. The second-order valence-corrected chi connectivity index (χ2v) is 7.47. The average Bonchev–Trinajstić information content (AvgIpc) is 2.78. The number of rotatable bonds is 6. The van der Waals surface area contributed by atoms with Gasteiger partial charge in [-0.3, -0.25) is 5.10 Å². The molecule has 0 aliphatic carbocycles. The van der Waals surface area contributed by atoms with Crippen LogP contribution in [-0.2, 0) is 14.8 Å². The molecule has 2 rings (SSSR count). The van der Waals surface area contributed by atoms with Crippen LogP contribution in [0.5, 0.6) is 0 Å². The van der Waals surface area contributed by atoms with Crippen LogP contribution < -0.4 is 10.0 Å². The Bertz CT molecular complexity index is 557. The number of aromatic nitrogens is 2. The van der Waals surface area contributed by atoms with E-state index in [9.17, 15) is 8.42 Å². The van der Waals surface area contributed by atoms with Crippen molar-refractivity contribution in [2.45, 2.75) is 31.6 Å². The highest BCUT2D eigenvalue weighted by molar-refractivity contribution is 7.89. The molecular weight excluding hydrogens is 328 g/mol. The number of halogens is 1. The highest BCUT2D eigenvalue weighted by Crippen LogP contribution is 2.29. The molecule has 1 aliphatic rings. The van der Waals surface area contributed by atoms with E-state index >= 15 is 0 Å². The Hall–Kier alpha value is -0.670. The standard InChI is InChI=1S/C13H24N4O3S.ClH/c1-10-12(11(2)17-16-10)21(18,19)15-8-13(9-20-3)4-6-14-7-5-13;/h14-15H,4-9H2,1-3H3,(H,16,17);1H. The lowest BCUT2D eigenvalue weighted by atomic mass is 9.80. The van der Waals surface area contributed by atoms with Crippen molar-refractivity contribution in [2.24, 2.45) is 5.41 Å². The zero-order valence-electron chi connectivity index (χ0n) is 13.2. The fourth-order valence-electron chi connectivity index (χ4n) is 2.89. The van der Waals surface area contributed by atoms with Gasteiger partial charge in [0, 0.05) is 19.1 Å². The fraction of sp³-hybridized carbons (Fsp3) is 0.769. The first-order valence-electron chi connectivity index (χ1n) is 7.11. The molecule has 0 bridgehead atoms. The predicted molar refractivity (Wildman–Crippen MR) is 86.9 cm³/mol. The molecule has 0 aromatic carbocycles. The third-order valence-corrected chi connectivity index (χ3v) is 5.74. The number of methoxy groups -OCH3 is 1. The number of aromatic amines is 1. The van der Waals surface area contributed by atoms with Crippen LogP contribution >= 0.6 is 12.4 Å². The molecule has 1 aromatic heterocycles. The largest absolute Gasteiger partial charge is 0.384 e. The number of nitrogens with one attached hydrogen (secondary N) is 3. The molecule has 128 valence electrons. The molecule has 3 N–H and O–H groups in total. The van der Waals surface area contributed by atoms with Crippen LogP contribution in [0.15, 0.2) is 4.90 Å². The summed E-state index contributed by atoms with van der Waals surface area (Å²) in [7, 11) is -1.90. The minimum Gasteiger partial charge on any atom is -0.384 e. The molecule has 0 unspecified atom stereocenters. The summed E-state index contributed by atoms with van der Waals surface area (Å²) in [5.74, 6) is 0. The van der Waals surface area contributed by atoms with E-state index in [1.807, 2.05) is 0 Å². The molecule has 1 fully saturated rings. The van der Waals surface area contributed by atoms with Crippen molar-refractivity contribution < 1.29 is 13.2 Å². The normalized spacial score (nSPS) is 18.0. The molecule has 9 heteroatoms. The predicted octanol–water partition coefficient (Wildman–Crippen LogP) is 0.743. The molecular formula is C13H25ClN4O3S. The van der Waals surface area contributed by atoms with Gasteiger partial charge in [-0.15, -0.1) is 12.4 Å². The van der Waals surface area contributed by atoms with Crippen LogP contribution in [0, 0.1) is 19.3 Å². The number of aryl methyl sites for hydroxylation is 2. The molecule has 1 aromatic rings. The van der Waals surface area contributed by atoms with Crippen molar-refractivity contribution in [3.63, 3.8) is 0 Å². The summed E-state index contributed by atoms with van der Waals surface area (Å²) in [5, 5.41) is 9.96. The van der Waals surface area contributed by atoms with Crippen LogP contribution in [0.25, 0.3) is 0 Å². The molecule has 1 aliphatic heterocycles. The van der Waals surface area contributed by atoms with E-state index in [4.69, 9.17) is 4.74 Å². The summed E-state index contributed by atoms with van der Waals surface area (Å²) in [6, 6.07) is 0. The third kappa shape index (κ3) is 4.20. The highest BCUT2D eigenvalue weighted by Gasteiger charge is 2.34. The van der Waals surface area contributed by atoms with E-state index in [1.54, 1.807) is 21.0 Å². The number of nitrogens with zero attached hydrogens (tertiary/aromatic N) is 1. The first kappa shape index (κ1) is 19.4. The summed E-state index contributed by atoms with van der Waals surface area (Å²) in [6.07, 6.45) is 1.79. The molecule has 0 spiro atoms. The van der Waals surface area contributed by atoms with Crippen LogP contribution in [-0.4, -0.2) is 52.0 Å². The van der Waals surface area contributed by atoms with Gasteiger partial charge in [0.1, 0.15) is 4.90 Å². The maximum atomic E-state index is 12.5. The summed E-state index contributed by atoms with van der Waals surface area (Å²) < 4.78 is 33.0. The molecule has 0 amide bonds. The van der Waals surface area contributed by atoms with Crippen molar-refractivity contribution in [3.05, 3.63) is 11.4 Å². The molecule has 22 heavy (non-hydrogen) atoms. The molecule has 7 nitrogen and oxygen atoms in total. The lowest BCUT2D eigenvalue weighted by Crippen LogP contribution is -2.47. The topological polar surface area (TPSA) is 96.1 Å². The molecule has 1 saturated heterocycles. The average molecular weight is 353 g/mol. The highest BCUT2D eigenvalue weighted by atomic mass is 35.5. The number of H-pyrrole nitrogens is 1. The van der Waals surface area contributed by atoms with E-state index in [1.165, 1.54) is 0 Å². The molecule has 2 heterocycles. The third-order valence-electron chi connectivity index (χ3n) is 4.08. The van der Waals surface area contributed by atoms with Crippen molar-refractivity contribution >= 4 is 22.4 Å². The smallest absolute Gasteiger partial charge is 0.244 e. The van der Waals surface area contributed by atoms with Gasteiger partial charge >= 0.3 is 0 Å². The zero-order chi connectivity index (χ0) is 15.5. The fourth-order valence-corrected chi connectivity index (χ4v) is 4.42. The van der Waals surface area contributed by atoms with Crippen molar-refractivity contribution in [2.75, 3.05) is 33.4 Å². The summed E-state index contributed by atoms with van der Waals surface area (Å²) >= 11 is 0. The Morgan fingerprint density at radius 3 is 2.45 bits per heavy atom. The summed E-state index contributed by atoms with van der Waals surface area (Å²) in [6.45, 7) is 6.11. The van der Waals surface area contributed by atoms with Crippen LogP contribution in [0.3, 0.4) is 0 Å². The SMILES string of the molecule is COCC1(CNS(=O)(=O)c2c(C)n[nH]c2C)CCNCC1.Cl. The number of hydrogen-bond donors (Lipinski definition) is 3. The number of hydrogen-bond acceptors (Lipinski definition) is 5. The molecule has 0 saturated carbocycles. The van der Waals surface area contributed by atoms with Crippen LogP contribution in [0.1, 0.15) is 24.2 Å². The van der Waals surface area contributed by atoms with E-state index in [0.717, 1.165) is 25.9 Å². The minimum atomic E-state index is -3.55. The van der Waals surface area contributed by atoms with Crippen LogP contribution in [0.2, 0.25) is 0 Å². The van der Waals surface area contributed by atoms with Crippen molar-refractivity contribution in [3.8, 4) is 0 Å². The Labute approximate surface area is 138 Å². The van der Waals surface area contributed by atoms with Gasteiger partial charge in [0.2, 0.25) is 10.0 Å². The Balaban J connectivity index is 0.00000242. The van der Waals surface area contributed by atoms with Gasteiger partial charge in [-0.2, -0.15) is 5.10 Å². The lowest BCUT2D eigenvalue weighted by Gasteiger charge is -2.37. The second kappa shape index (κ2) is 7.74. The molecule has 0 atom stereocenters. The second-order valence-electron chi connectivity index (χ2n) is 5.77. The lowest BCUT2D eigenvalue weighted by molar-refractivity contribution is 0.0577. The minimum absolute atomic E-state index is 0. The van der Waals surface area contributed by atoms with Gasteiger partial charge < -0.3 is 10.1 Å². The first-order chi connectivity index (χ1) is 9.90. The van der Waals surface area contributed by atoms with Gasteiger partial charge in [-0.25, -0.2) is 13.1 Å². The number of ether oxygens (including phenoxy) is 1. The zero-order valence-corrected chi connectivity index (χ0v) is 14.9. The van der Waals surface area contributed by atoms with E-state index in [2.05, 4.69) is 20.2 Å². The number of piperidine rings is 1. The Morgan fingerprint density at radius 1 is 1.32 bits per heavy atom. The van der Waals surface area contributed by atoms with Gasteiger partial charge in [-0.1, -0.05) is 0 Å². The maximum Gasteiger partial charge on any atom is 0.244 e. The number of sulfonamides is 1. The maximum absolute atomic E-state index is 12.5. The summed E-state index contributed by atoms with van der Waals surface area (Å²) in [5.41, 5.74) is 0.913. The van der Waals surface area contributed by atoms with Gasteiger partial charge in [-0.05, 0) is 39.8 Å². The van der Waals surface area contributed by atoms with Crippen LogP contribution in [0.4, 0.5) is 0 Å². The Kier molecular flexibility index (Phi) is 6.82. The monoisotopic (exact) mass is 352 g/mol. The van der Waals surface area contributed by atoms with Gasteiger partial charge in [0.25, 0.3) is 0 Å². The Morgan fingerprint density at radius 2 is 1.95 bits per heavy atom. The van der Waals surface area contributed by atoms with Crippen molar-refractivity contribution in [1.29, 1.82) is 0 Å². The van der Waals surface area contributed by atoms with Gasteiger partial charge in [0.05, 0.1) is 18.0 Å². The first-order valence-corrected chi connectivity index (χ1v) is 8.59. The summed E-state index contributed by atoms with van der Waals surface area (Å²) in [4.78, 5) is 0.254. The molecule has 0 radical (unpaired) electrons. The van der Waals surface area contributed by atoms with E-state index in [-0.39, 0.29) is 22.7 Å². The van der Waals surface area contributed by atoms with E-state index in [0.29, 0.717) is 24.5 Å². The van der Waals surface area contributed by atoms with E-state index < -0.39 is 10.0 Å². The van der Waals surface area contributed by atoms with Gasteiger partial charge in [0.15, 0.2) is 0 Å².